The van der Waals surface area contributed by atoms with Crippen molar-refractivity contribution in [2.24, 2.45) is 0 Å². The van der Waals surface area contributed by atoms with E-state index in [0.29, 0.717) is 50.8 Å². The first kappa shape index (κ1) is 24.2. The molecule has 1 aliphatic rings. The molecule has 5 rings (SSSR count). The summed E-state index contributed by atoms with van der Waals surface area (Å²) in [6.07, 6.45) is 0. The van der Waals surface area contributed by atoms with Crippen molar-refractivity contribution in [2.45, 2.75) is 30.8 Å². The van der Waals surface area contributed by atoms with Gasteiger partial charge in [0.15, 0.2) is 4.67 Å². The molecule has 8 nitrogen and oxygen atoms in total. The number of allylic oxidation sites excluding steroid dienone is 1. The predicted molar refractivity (Wildman–Crippen MR) is 143 cm³/mol. The van der Waals surface area contributed by atoms with Gasteiger partial charge < -0.3 is 19.8 Å². The third-order valence-electron chi connectivity index (χ3n) is 5.59. The maximum absolute atomic E-state index is 13.7. The number of carbonyl (C=O) groups excluding carboxylic acids is 1. The Labute approximate surface area is 221 Å². The van der Waals surface area contributed by atoms with Crippen molar-refractivity contribution < 1.29 is 13.9 Å². The van der Waals surface area contributed by atoms with Crippen LogP contribution in [0.3, 0.4) is 0 Å². The fraction of sp³-hybridized carbons (Fsp3) is 0.192. The lowest BCUT2D eigenvalue weighted by molar-refractivity contribution is -0.113. The molecule has 1 aliphatic heterocycles. The van der Waals surface area contributed by atoms with E-state index in [4.69, 9.17) is 14.3 Å². The first-order valence-electron chi connectivity index (χ1n) is 11.4. The summed E-state index contributed by atoms with van der Waals surface area (Å²) >= 11 is 4.91. The summed E-state index contributed by atoms with van der Waals surface area (Å²) in [7, 11) is 0. The van der Waals surface area contributed by atoms with Crippen LogP contribution >= 0.6 is 27.7 Å². The Morgan fingerprint density at radius 2 is 1.94 bits per heavy atom. The number of nitrogens with zero attached hydrogens (tertiary/aromatic N) is 3. The highest BCUT2D eigenvalue weighted by atomic mass is 79.9. The van der Waals surface area contributed by atoms with Crippen LogP contribution < -0.4 is 15.4 Å². The SMILES string of the molecule is CCOc1ccccc1NC(=O)C1=C(C)Nc2nc(SCc3ccccc3)nn2C1c1ccc(Br)o1. The molecule has 2 N–H and O–H groups in total. The highest BCUT2D eigenvalue weighted by molar-refractivity contribution is 9.10. The average molecular weight is 566 g/mol. The maximum Gasteiger partial charge on any atom is 0.256 e. The zero-order chi connectivity index (χ0) is 25.1. The Morgan fingerprint density at radius 1 is 1.17 bits per heavy atom. The zero-order valence-corrected chi connectivity index (χ0v) is 22.1. The van der Waals surface area contributed by atoms with Crippen molar-refractivity contribution in [2.75, 3.05) is 17.2 Å². The lowest BCUT2D eigenvalue weighted by Gasteiger charge is -2.27. The zero-order valence-electron chi connectivity index (χ0n) is 19.7. The van der Waals surface area contributed by atoms with Gasteiger partial charge in [-0.3, -0.25) is 4.79 Å². The number of carbonyl (C=O) groups is 1. The highest BCUT2D eigenvalue weighted by Crippen LogP contribution is 2.38. The van der Waals surface area contributed by atoms with E-state index in [1.54, 1.807) is 10.7 Å². The van der Waals surface area contributed by atoms with Gasteiger partial charge in [0.25, 0.3) is 5.91 Å². The number of hydrogen-bond donors (Lipinski definition) is 2. The van der Waals surface area contributed by atoms with E-state index in [0.717, 1.165) is 5.75 Å². The van der Waals surface area contributed by atoms with E-state index < -0.39 is 6.04 Å². The Morgan fingerprint density at radius 3 is 2.69 bits per heavy atom. The fourth-order valence-corrected chi connectivity index (χ4v) is 5.09. The Kier molecular flexibility index (Phi) is 7.15. The summed E-state index contributed by atoms with van der Waals surface area (Å²) in [4.78, 5) is 18.3. The van der Waals surface area contributed by atoms with Gasteiger partial charge in [-0.05, 0) is 59.6 Å². The van der Waals surface area contributed by atoms with Crippen LogP contribution in [0.1, 0.15) is 31.2 Å². The summed E-state index contributed by atoms with van der Waals surface area (Å²) in [5.74, 6) is 2.16. The van der Waals surface area contributed by atoms with Crippen LogP contribution in [0, 0.1) is 0 Å². The first-order chi connectivity index (χ1) is 17.5. The van der Waals surface area contributed by atoms with E-state index in [9.17, 15) is 4.79 Å². The van der Waals surface area contributed by atoms with Gasteiger partial charge in [-0.1, -0.05) is 54.2 Å². The Bertz CT molecular complexity index is 1420. The minimum atomic E-state index is -0.606. The fourth-order valence-electron chi connectivity index (χ4n) is 3.99. The van der Waals surface area contributed by atoms with Crippen LogP contribution in [-0.2, 0) is 10.5 Å². The molecule has 2 aromatic heterocycles. The second-order valence-electron chi connectivity index (χ2n) is 8.03. The van der Waals surface area contributed by atoms with E-state index in [1.165, 1.54) is 17.3 Å². The van der Waals surface area contributed by atoms with E-state index in [-0.39, 0.29) is 5.91 Å². The van der Waals surface area contributed by atoms with Gasteiger partial charge in [-0.15, -0.1) is 5.10 Å². The minimum Gasteiger partial charge on any atom is -0.492 e. The van der Waals surface area contributed by atoms with Gasteiger partial charge in [0, 0.05) is 11.4 Å². The number of rotatable bonds is 8. The quantitative estimate of drug-likeness (QED) is 0.244. The summed E-state index contributed by atoms with van der Waals surface area (Å²) in [5, 5.41) is 11.6. The van der Waals surface area contributed by atoms with Gasteiger partial charge >= 0.3 is 0 Å². The molecular weight excluding hydrogens is 542 g/mol. The molecule has 3 heterocycles. The van der Waals surface area contributed by atoms with Crippen LogP contribution in [0.2, 0.25) is 0 Å². The standard InChI is InChI=1S/C26H24BrN5O3S/c1-3-34-19-12-8-7-11-18(19)29-24(33)22-16(2)28-25-30-26(36-15-17-9-5-4-6-10-17)31-32(25)23(22)20-13-14-21(27)35-20/h4-14,23H,3,15H2,1-2H3,(H,29,33)(H,28,30,31). The number of aromatic nitrogens is 3. The average Bonchev–Trinajstić information content (AvgIpc) is 3.49. The van der Waals surface area contributed by atoms with Gasteiger partial charge in [-0.25, -0.2) is 4.68 Å². The second kappa shape index (κ2) is 10.6. The van der Waals surface area contributed by atoms with Crippen molar-refractivity contribution in [1.29, 1.82) is 0 Å². The topological polar surface area (TPSA) is 94.2 Å². The number of nitrogens with one attached hydrogen (secondary N) is 2. The number of hydrogen-bond acceptors (Lipinski definition) is 7. The third kappa shape index (κ3) is 5.05. The number of fused-ring (bicyclic) bond motifs is 1. The van der Waals surface area contributed by atoms with Crippen molar-refractivity contribution >= 4 is 45.2 Å². The van der Waals surface area contributed by atoms with Crippen LogP contribution in [0.15, 0.2) is 92.2 Å². The lowest BCUT2D eigenvalue weighted by atomic mass is 10.00. The number of furan rings is 1. The van der Waals surface area contributed by atoms with Crippen molar-refractivity contribution in [3.05, 3.63) is 94.0 Å². The molecule has 0 fully saturated rings. The number of halogens is 1. The molecule has 10 heteroatoms. The number of thioether (sulfide) groups is 1. The smallest absolute Gasteiger partial charge is 0.256 e. The van der Waals surface area contributed by atoms with E-state index >= 15 is 0 Å². The molecule has 0 bridgehead atoms. The lowest BCUT2D eigenvalue weighted by Crippen LogP contribution is -2.31. The van der Waals surface area contributed by atoms with Crippen LogP contribution in [0.4, 0.5) is 11.6 Å². The third-order valence-corrected chi connectivity index (χ3v) is 6.92. The Hall–Kier alpha value is -3.50. The van der Waals surface area contributed by atoms with Gasteiger partial charge in [0.1, 0.15) is 17.6 Å². The van der Waals surface area contributed by atoms with Gasteiger partial charge in [-0.2, -0.15) is 4.98 Å². The molecular formula is C26H24BrN5O3S. The summed E-state index contributed by atoms with van der Waals surface area (Å²) in [5.41, 5.74) is 2.91. The summed E-state index contributed by atoms with van der Waals surface area (Å²) < 4.78 is 13.9. The van der Waals surface area contributed by atoms with Crippen molar-refractivity contribution in [1.82, 2.24) is 14.8 Å². The largest absolute Gasteiger partial charge is 0.492 e. The molecule has 0 aliphatic carbocycles. The molecule has 2 aromatic carbocycles. The normalized spacial score (nSPS) is 14.8. The molecule has 4 aromatic rings. The van der Waals surface area contributed by atoms with Crippen LogP contribution in [0.25, 0.3) is 0 Å². The Balaban J connectivity index is 1.47. The maximum atomic E-state index is 13.7. The van der Waals surface area contributed by atoms with Crippen molar-refractivity contribution in [3.63, 3.8) is 0 Å². The number of anilines is 2. The minimum absolute atomic E-state index is 0.288. The van der Waals surface area contributed by atoms with E-state index in [1.807, 2.05) is 62.4 Å². The molecule has 36 heavy (non-hydrogen) atoms. The van der Waals surface area contributed by atoms with Gasteiger partial charge in [0.2, 0.25) is 11.1 Å². The van der Waals surface area contributed by atoms with Crippen LogP contribution in [0.5, 0.6) is 5.75 Å². The summed E-state index contributed by atoms with van der Waals surface area (Å²) in [6, 6.07) is 20.5. The number of para-hydroxylation sites is 2. The van der Waals surface area contributed by atoms with Gasteiger partial charge in [0.05, 0.1) is 17.9 Å². The molecule has 1 atom stereocenters. The number of amides is 1. The molecule has 0 spiro atoms. The second-order valence-corrected chi connectivity index (χ2v) is 9.75. The van der Waals surface area contributed by atoms with Crippen molar-refractivity contribution in [3.8, 4) is 5.75 Å². The van der Waals surface area contributed by atoms with E-state index in [2.05, 4.69) is 43.7 Å². The molecule has 184 valence electrons. The highest BCUT2D eigenvalue weighted by Gasteiger charge is 2.36. The summed E-state index contributed by atoms with van der Waals surface area (Å²) in [6.45, 7) is 4.25. The molecule has 0 saturated carbocycles. The molecule has 0 saturated heterocycles. The number of ether oxygens (including phenoxy) is 1. The molecule has 1 amide bonds. The predicted octanol–water partition coefficient (Wildman–Crippen LogP) is 6.25. The number of benzene rings is 2. The monoisotopic (exact) mass is 565 g/mol. The molecule has 1 unspecified atom stereocenters. The first-order valence-corrected chi connectivity index (χ1v) is 13.2. The molecule has 0 radical (unpaired) electrons. The van der Waals surface area contributed by atoms with Crippen LogP contribution in [-0.4, -0.2) is 27.3 Å².